The third-order valence-corrected chi connectivity index (χ3v) is 6.16. The number of thioether (sulfide) groups is 1. The molecule has 2 fully saturated rings. The Labute approximate surface area is 118 Å². The number of hydrogen-bond donors (Lipinski definition) is 1. The van der Waals surface area contributed by atoms with Gasteiger partial charge in [-0.1, -0.05) is 27.7 Å². The van der Waals surface area contributed by atoms with Gasteiger partial charge in [0, 0.05) is 17.3 Å². The van der Waals surface area contributed by atoms with Crippen LogP contribution in [0.5, 0.6) is 0 Å². The molecule has 2 rings (SSSR count). The molecule has 2 aliphatic rings. The maximum atomic E-state index is 3.98. The Kier molecular flexibility index (Phi) is 5.05. The Bertz CT molecular complexity index is 264. The first-order valence-electron chi connectivity index (χ1n) is 7.88. The van der Waals surface area contributed by atoms with E-state index in [0.717, 1.165) is 23.3 Å². The molecule has 4 unspecified atom stereocenters. The van der Waals surface area contributed by atoms with Crippen LogP contribution < -0.4 is 5.32 Å². The number of nitrogens with one attached hydrogen (secondary N) is 1. The van der Waals surface area contributed by atoms with Crippen molar-refractivity contribution in [2.24, 2.45) is 11.3 Å². The summed E-state index contributed by atoms with van der Waals surface area (Å²) >= 11 is 2.17. The van der Waals surface area contributed by atoms with Gasteiger partial charge < -0.3 is 5.32 Å². The first kappa shape index (κ1) is 14.7. The fourth-order valence-corrected chi connectivity index (χ4v) is 5.12. The molecule has 0 radical (unpaired) electrons. The second kappa shape index (κ2) is 6.17. The van der Waals surface area contributed by atoms with Gasteiger partial charge in [-0.3, -0.25) is 0 Å². The minimum Gasteiger partial charge on any atom is -0.311 e. The van der Waals surface area contributed by atoms with E-state index in [2.05, 4.69) is 44.8 Å². The van der Waals surface area contributed by atoms with Crippen LogP contribution in [0.2, 0.25) is 0 Å². The summed E-state index contributed by atoms with van der Waals surface area (Å²) in [5, 5.41) is 4.91. The molecule has 106 valence electrons. The molecule has 0 saturated heterocycles. The van der Waals surface area contributed by atoms with Crippen LogP contribution in [0.15, 0.2) is 0 Å². The summed E-state index contributed by atoms with van der Waals surface area (Å²) < 4.78 is 0. The van der Waals surface area contributed by atoms with Crippen molar-refractivity contribution in [3.63, 3.8) is 0 Å². The standard InChI is InChI=1S/C16H31NS/c1-5-18-14-7-6-13(10-14)17-15-8-9-16(3,4)11-12(15)2/h12-15,17H,5-11H2,1-4H3. The summed E-state index contributed by atoms with van der Waals surface area (Å²) in [4.78, 5) is 0. The highest BCUT2D eigenvalue weighted by Gasteiger charge is 2.34. The predicted molar refractivity (Wildman–Crippen MR) is 83.3 cm³/mol. The average molecular weight is 269 g/mol. The van der Waals surface area contributed by atoms with Crippen molar-refractivity contribution in [2.75, 3.05) is 5.75 Å². The molecule has 0 heterocycles. The van der Waals surface area contributed by atoms with Gasteiger partial charge in [0.25, 0.3) is 0 Å². The van der Waals surface area contributed by atoms with Gasteiger partial charge in [0.05, 0.1) is 0 Å². The summed E-state index contributed by atoms with van der Waals surface area (Å²) in [5.74, 6) is 2.14. The average Bonchev–Trinajstić information content (AvgIpc) is 2.70. The van der Waals surface area contributed by atoms with Crippen molar-refractivity contribution in [2.45, 2.75) is 83.6 Å². The van der Waals surface area contributed by atoms with Gasteiger partial charge in [0.2, 0.25) is 0 Å². The van der Waals surface area contributed by atoms with E-state index in [1.54, 1.807) is 0 Å². The van der Waals surface area contributed by atoms with Gasteiger partial charge in [0.15, 0.2) is 0 Å². The van der Waals surface area contributed by atoms with Crippen LogP contribution in [-0.2, 0) is 0 Å². The quantitative estimate of drug-likeness (QED) is 0.808. The van der Waals surface area contributed by atoms with Gasteiger partial charge >= 0.3 is 0 Å². The van der Waals surface area contributed by atoms with E-state index in [1.165, 1.54) is 44.3 Å². The fourth-order valence-electron chi connectivity index (χ4n) is 3.98. The first-order chi connectivity index (χ1) is 8.50. The maximum Gasteiger partial charge on any atom is 0.00956 e. The zero-order valence-electron chi connectivity index (χ0n) is 12.7. The molecular weight excluding hydrogens is 238 g/mol. The molecule has 4 atom stereocenters. The van der Waals surface area contributed by atoms with Crippen molar-refractivity contribution in [1.29, 1.82) is 0 Å². The van der Waals surface area contributed by atoms with Crippen LogP contribution in [-0.4, -0.2) is 23.1 Å². The molecule has 0 aromatic rings. The molecular formula is C16H31NS. The van der Waals surface area contributed by atoms with Gasteiger partial charge in [0.1, 0.15) is 0 Å². The van der Waals surface area contributed by atoms with Crippen molar-refractivity contribution in [1.82, 2.24) is 5.32 Å². The lowest BCUT2D eigenvalue weighted by Crippen LogP contribution is -2.45. The Hall–Kier alpha value is 0.310. The SMILES string of the molecule is CCSC1CCC(NC2CCC(C)(C)CC2C)C1. The lowest BCUT2D eigenvalue weighted by atomic mass is 9.70. The first-order valence-corrected chi connectivity index (χ1v) is 8.92. The lowest BCUT2D eigenvalue weighted by molar-refractivity contribution is 0.141. The second-order valence-corrected chi connectivity index (χ2v) is 8.82. The van der Waals surface area contributed by atoms with Crippen LogP contribution in [0.3, 0.4) is 0 Å². The second-order valence-electron chi connectivity index (χ2n) is 7.24. The normalized spacial score (nSPS) is 40.0. The third-order valence-electron chi connectivity index (χ3n) is 4.93. The molecule has 1 nitrogen and oxygen atoms in total. The van der Waals surface area contributed by atoms with E-state index in [0.29, 0.717) is 5.41 Å². The van der Waals surface area contributed by atoms with E-state index in [1.807, 2.05) is 0 Å². The van der Waals surface area contributed by atoms with Crippen LogP contribution in [0, 0.1) is 11.3 Å². The summed E-state index contributed by atoms with van der Waals surface area (Å²) in [6.07, 6.45) is 8.42. The molecule has 1 N–H and O–H groups in total. The minimum absolute atomic E-state index is 0.577. The smallest absolute Gasteiger partial charge is 0.00956 e. The largest absolute Gasteiger partial charge is 0.311 e. The molecule has 0 aromatic heterocycles. The van der Waals surface area contributed by atoms with E-state index in [9.17, 15) is 0 Å². The monoisotopic (exact) mass is 269 g/mol. The summed E-state index contributed by atoms with van der Waals surface area (Å²) in [5.41, 5.74) is 0.577. The Morgan fingerprint density at radius 3 is 2.67 bits per heavy atom. The Balaban J connectivity index is 1.77. The highest BCUT2D eigenvalue weighted by Crippen LogP contribution is 2.39. The fraction of sp³-hybridized carbons (Fsp3) is 1.00. The van der Waals surface area contributed by atoms with Crippen molar-refractivity contribution in [3.8, 4) is 0 Å². The van der Waals surface area contributed by atoms with Crippen molar-refractivity contribution < 1.29 is 0 Å². The zero-order chi connectivity index (χ0) is 13.2. The summed E-state index contributed by atoms with van der Waals surface area (Å²) in [6.45, 7) is 9.61. The van der Waals surface area contributed by atoms with E-state index in [-0.39, 0.29) is 0 Å². The summed E-state index contributed by atoms with van der Waals surface area (Å²) in [6, 6.07) is 1.59. The van der Waals surface area contributed by atoms with Crippen molar-refractivity contribution in [3.05, 3.63) is 0 Å². The molecule has 2 aliphatic carbocycles. The summed E-state index contributed by atoms with van der Waals surface area (Å²) in [7, 11) is 0. The van der Waals surface area contributed by atoms with Crippen LogP contribution in [0.1, 0.15) is 66.2 Å². The van der Waals surface area contributed by atoms with Crippen molar-refractivity contribution >= 4 is 11.8 Å². The van der Waals surface area contributed by atoms with Gasteiger partial charge in [-0.15, -0.1) is 0 Å². The van der Waals surface area contributed by atoms with Gasteiger partial charge in [-0.25, -0.2) is 0 Å². The lowest BCUT2D eigenvalue weighted by Gasteiger charge is -2.40. The highest BCUT2D eigenvalue weighted by molar-refractivity contribution is 7.99. The van der Waals surface area contributed by atoms with Crippen LogP contribution in [0.4, 0.5) is 0 Å². The third kappa shape index (κ3) is 3.90. The molecule has 0 amide bonds. The van der Waals surface area contributed by atoms with Crippen LogP contribution in [0.25, 0.3) is 0 Å². The predicted octanol–water partition coefficient (Wildman–Crippen LogP) is 4.47. The molecule has 18 heavy (non-hydrogen) atoms. The molecule has 0 aliphatic heterocycles. The topological polar surface area (TPSA) is 12.0 Å². The van der Waals surface area contributed by atoms with E-state index in [4.69, 9.17) is 0 Å². The molecule has 0 aromatic carbocycles. The molecule has 2 heteroatoms. The number of hydrogen-bond acceptors (Lipinski definition) is 2. The van der Waals surface area contributed by atoms with Crippen LogP contribution >= 0.6 is 11.8 Å². The Morgan fingerprint density at radius 1 is 1.22 bits per heavy atom. The zero-order valence-corrected chi connectivity index (χ0v) is 13.5. The molecule has 0 bridgehead atoms. The molecule has 2 saturated carbocycles. The van der Waals surface area contributed by atoms with Gasteiger partial charge in [-0.2, -0.15) is 11.8 Å². The minimum atomic E-state index is 0.577. The highest BCUT2D eigenvalue weighted by atomic mass is 32.2. The number of rotatable bonds is 4. The maximum absolute atomic E-state index is 3.98. The Morgan fingerprint density at radius 2 is 2.00 bits per heavy atom. The van der Waals surface area contributed by atoms with E-state index < -0.39 is 0 Å². The molecule has 0 spiro atoms. The van der Waals surface area contributed by atoms with Gasteiger partial charge in [-0.05, 0) is 55.6 Å². The van der Waals surface area contributed by atoms with E-state index >= 15 is 0 Å².